The molecule has 1 aromatic carbocycles. The number of amides is 2. The lowest BCUT2D eigenvalue weighted by atomic mass is 10.1. The average molecular weight is 387 g/mol. The third-order valence-electron chi connectivity index (χ3n) is 4.63. The van der Waals surface area contributed by atoms with Crippen molar-refractivity contribution in [2.24, 2.45) is 0 Å². The Labute approximate surface area is 163 Å². The Morgan fingerprint density at radius 3 is 2.82 bits per heavy atom. The highest BCUT2D eigenvalue weighted by Gasteiger charge is 2.27. The number of carbonyl (C=O) groups excluding carboxylic acids is 2. The van der Waals surface area contributed by atoms with E-state index < -0.39 is 0 Å². The van der Waals surface area contributed by atoms with Crippen LogP contribution in [0.15, 0.2) is 22.7 Å². The van der Waals surface area contributed by atoms with Gasteiger partial charge in [-0.05, 0) is 18.2 Å². The second-order valence-corrected chi connectivity index (χ2v) is 6.99. The van der Waals surface area contributed by atoms with Crippen molar-refractivity contribution in [1.29, 1.82) is 0 Å². The number of hydrogen-bond acceptors (Lipinski definition) is 7. The molecule has 0 fully saturated rings. The number of likely N-dealkylation sites (N-methyl/N-ethyl adjacent to an activating group) is 1. The molecule has 0 saturated carbocycles. The minimum Gasteiger partial charge on any atom is -0.489 e. The van der Waals surface area contributed by atoms with Crippen LogP contribution in [0.2, 0.25) is 0 Å². The maximum atomic E-state index is 12.3. The maximum Gasteiger partial charge on any atom is 0.253 e. The molecule has 1 aliphatic heterocycles. The van der Waals surface area contributed by atoms with Gasteiger partial charge in [-0.3, -0.25) is 9.59 Å². The van der Waals surface area contributed by atoms with E-state index in [1.54, 1.807) is 39.2 Å². The van der Waals surface area contributed by atoms with Gasteiger partial charge in [0, 0.05) is 46.6 Å². The van der Waals surface area contributed by atoms with Gasteiger partial charge in [0.2, 0.25) is 11.8 Å². The molecule has 0 aliphatic carbocycles. The molecular formula is C19H25N5O4. The van der Waals surface area contributed by atoms with Crippen molar-refractivity contribution in [3.8, 4) is 5.75 Å². The predicted molar refractivity (Wildman–Crippen MR) is 103 cm³/mol. The zero-order chi connectivity index (χ0) is 20.3. The molecule has 1 aliphatic rings. The van der Waals surface area contributed by atoms with Gasteiger partial charge >= 0.3 is 0 Å². The van der Waals surface area contributed by atoms with Gasteiger partial charge < -0.3 is 24.4 Å². The predicted octanol–water partition coefficient (Wildman–Crippen LogP) is 1.03. The van der Waals surface area contributed by atoms with Crippen LogP contribution in [-0.2, 0) is 11.2 Å². The smallest absolute Gasteiger partial charge is 0.253 e. The van der Waals surface area contributed by atoms with E-state index in [0.29, 0.717) is 42.6 Å². The molecule has 0 radical (unpaired) electrons. The Kier molecular flexibility index (Phi) is 5.81. The van der Waals surface area contributed by atoms with Crippen molar-refractivity contribution in [2.75, 3.05) is 39.2 Å². The Morgan fingerprint density at radius 2 is 2.14 bits per heavy atom. The fraction of sp³-hybridized carbons (Fsp3) is 0.474. The van der Waals surface area contributed by atoms with E-state index in [9.17, 15) is 9.59 Å². The SMILES string of the molecule is Cc1nc(CCNC(=O)C[C@H]2COc3ccc(C(=O)N(C)C)cc3N2C)no1. The molecule has 1 aromatic heterocycles. The summed E-state index contributed by atoms with van der Waals surface area (Å²) in [6, 6.07) is 5.23. The summed E-state index contributed by atoms with van der Waals surface area (Å²) < 4.78 is 10.7. The number of rotatable bonds is 6. The topological polar surface area (TPSA) is 101 Å². The van der Waals surface area contributed by atoms with E-state index in [0.717, 1.165) is 5.69 Å². The molecular weight excluding hydrogens is 362 g/mol. The van der Waals surface area contributed by atoms with Crippen molar-refractivity contribution in [3.63, 3.8) is 0 Å². The van der Waals surface area contributed by atoms with Gasteiger partial charge in [-0.25, -0.2) is 0 Å². The number of fused-ring (bicyclic) bond motifs is 1. The van der Waals surface area contributed by atoms with Crippen LogP contribution in [0.5, 0.6) is 5.75 Å². The van der Waals surface area contributed by atoms with Crippen LogP contribution in [0.4, 0.5) is 5.69 Å². The summed E-state index contributed by atoms with van der Waals surface area (Å²) in [6.07, 6.45) is 0.798. The van der Waals surface area contributed by atoms with Gasteiger partial charge in [0.25, 0.3) is 5.91 Å². The second-order valence-electron chi connectivity index (χ2n) is 6.99. The minimum atomic E-state index is -0.121. The summed E-state index contributed by atoms with van der Waals surface area (Å²) in [5.74, 6) is 1.63. The highest BCUT2D eigenvalue weighted by molar-refractivity contribution is 5.95. The molecule has 2 amide bonds. The van der Waals surface area contributed by atoms with Crippen LogP contribution < -0.4 is 15.0 Å². The first kappa shape index (κ1) is 19.7. The molecule has 9 nitrogen and oxygen atoms in total. The summed E-state index contributed by atoms with van der Waals surface area (Å²) in [6.45, 7) is 2.57. The number of anilines is 1. The zero-order valence-electron chi connectivity index (χ0n) is 16.6. The van der Waals surface area contributed by atoms with Crippen LogP contribution in [-0.4, -0.2) is 67.2 Å². The lowest BCUT2D eigenvalue weighted by molar-refractivity contribution is -0.121. The third kappa shape index (κ3) is 4.41. The summed E-state index contributed by atoms with van der Waals surface area (Å²) in [4.78, 5) is 32.2. The number of ether oxygens (including phenoxy) is 1. The van der Waals surface area contributed by atoms with Crippen molar-refractivity contribution in [2.45, 2.75) is 25.8 Å². The summed E-state index contributed by atoms with van der Waals surface area (Å²) >= 11 is 0. The maximum absolute atomic E-state index is 12.3. The fourth-order valence-corrected chi connectivity index (χ4v) is 3.04. The molecule has 2 aromatic rings. The average Bonchev–Trinajstić information content (AvgIpc) is 3.08. The normalized spacial score (nSPS) is 15.6. The summed E-state index contributed by atoms with van der Waals surface area (Å²) in [5, 5.41) is 6.68. The van der Waals surface area contributed by atoms with Crippen molar-refractivity contribution in [3.05, 3.63) is 35.5 Å². The Balaban J connectivity index is 1.58. The van der Waals surface area contributed by atoms with E-state index >= 15 is 0 Å². The highest BCUT2D eigenvalue weighted by atomic mass is 16.5. The molecule has 0 unspecified atom stereocenters. The first-order valence-corrected chi connectivity index (χ1v) is 9.12. The number of benzene rings is 1. The number of carbonyl (C=O) groups is 2. The largest absolute Gasteiger partial charge is 0.489 e. The molecule has 1 atom stereocenters. The van der Waals surface area contributed by atoms with E-state index in [1.807, 2.05) is 11.9 Å². The standard InChI is InChI=1S/C19H25N5O4/c1-12-21-17(22-28-12)7-8-20-18(25)10-14-11-27-16-6-5-13(19(26)23(2)3)9-15(16)24(14)4/h5-6,9,14H,7-8,10-11H2,1-4H3,(H,20,25)/t14-/m0/s1. The molecule has 150 valence electrons. The van der Waals surface area contributed by atoms with Crippen molar-refractivity contribution >= 4 is 17.5 Å². The van der Waals surface area contributed by atoms with Gasteiger partial charge in [-0.15, -0.1) is 0 Å². The molecule has 28 heavy (non-hydrogen) atoms. The van der Waals surface area contributed by atoms with E-state index in [4.69, 9.17) is 9.26 Å². The summed E-state index contributed by atoms with van der Waals surface area (Å²) in [7, 11) is 5.33. The molecule has 2 heterocycles. The Hall–Kier alpha value is -3.10. The van der Waals surface area contributed by atoms with Crippen LogP contribution >= 0.6 is 0 Å². The summed E-state index contributed by atoms with van der Waals surface area (Å²) in [5.41, 5.74) is 1.39. The van der Waals surface area contributed by atoms with Gasteiger partial charge in [0.15, 0.2) is 5.82 Å². The number of nitrogens with zero attached hydrogens (tertiary/aromatic N) is 4. The van der Waals surface area contributed by atoms with Gasteiger partial charge in [-0.2, -0.15) is 4.98 Å². The van der Waals surface area contributed by atoms with Crippen LogP contribution in [0, 0.1) is 6.92 Å². The molecule has 9 heteroatoms. The number of aromatic nitrogens is 2. The first-order valence-electron chi connectivity index (χ1n) is 9.12. The zero-order valence-corrected chi connectivity index (χ0v) is 16.6. The lowest BCUT2D eigenvalue weighted by Crippen LogP contribution is -2.44. The molecule has 0 spiro atoms. The van der Waals surface area contributed by atoms with Crippen LogP contribution in [0.3, 0.4) is 0 Å². The van der Waals surface area contributed by atoms with Gasteiger partial charge in [0.1, 0.15) is 12.4 Å². The fourth-order valence-electron chi connectivity index (χ4n) is 3.04. The van der Waals surface area contributed by atoms with Crippen LogP contribution in [0.25, 0.3) is 0 Å². The third-order valence-corrected chi connectivity index (χ3v) is 4.63. The van der Waals surface area contributed by atoms with Crippen molar-refractivity contribution in [1.82, 2.24) is 20.4 Å². The van der Waals surface area contributed by atoms with E-state index in [2.05, 4.69) is 15.5 Å². The first-order chi connectivity index (χ1) is 13.3. The number of hydrogen-bond donors (Lipinski definition) is 1. The minimum absolute atomic E-state index is 0.0761. The van der Waals surface area contributed by atoms with Gasteiger partial charge in [-0.1, -0.05) is 5.16 Å². The van der Waals surface area contributed by atoms with Crippen LogP contribution in [0.1, 0.15) is 28.5 Å². The second kappa shape index (κ2) is 8.28. The number of aryl methyl sites for hydroxylation is 1. The highest BCUT2D eigenvalue weighted by Crippen LogP contribution is 2.34. The molecule has 0 saturated heterocycles. The molecule has 3 rings (SSSR count). The van der Waals surface area contributed by atoms with E-state index in [1.165, 1.54) is 4.90 Å². The van der Waals surface area contributed by atoms with Crippen molar-refractivity contribution < 1.29 is 18.8 Å². The quantitative estimate of drug-likeness (QED) is 0.790. The monoisotopic (exact) mass is 387 g/mol. The molecule has 1 N–H and O–H groups in total. The lowest BCUT2D eigenvalue weighted by Gasteiger charge is -2.35. The van der Waals surface area contributed by atoms with Gasteiger partial charge in [0.05, 0.1) is 18.2 Å². The van der Waals surface area contributed by atoms with E-state index in [-0.39, 0.29) is 24.3 Å². The Bertz CT molecular complexity index is 864. The Morgan fingerprint density at radius 1 is 1.36 bits per heavy atom. The number of nitrogens with one attached hydrogen (secondary N) is 1. The molecule has 0 bridgehead atoms.